The quantitative estimate of drug-likeness (QED) is 0.397. The molecule has 3 heteroatoms. The highest BCUT2D eigenvalue weighted by Crippen LogP contribution is 2.14. The van der Waals surface area contributed by atoms with Crippen LogP contribution in [0.25, 0.3) is 0 Å². The fourth-order valence-corrected chi connectivity index (χ4v) is 1.81. The van der Waals surface area contributed by atoms with Crippen molar-refractivity contribution >= 4 is 5.71 Å². The van der Waals surface area contributed by atoms with E-state index in [1.54, 1.807) is 0 Å². The Kier molecular flexibility index (Phi) is 6.41. The van der Waals surface area contributed by atoms with Crippen molar-refractivity contribution in [2.75, 3.05) is 27.2 Å². The highest BCUT2D eigenvalue weighted by atomic mass is 16.6. The third-order valence-corrected chi connectivity index (χ3v) is 2.72. The first-order chi connectivity index (χ1) is 7.29. The van der Waals surface area contributed by atoms with Crippen LogP contribution in [0, 0.1) is 0 Å². The minimum absolute atomic E-state index is 0.752. The topological polar surface area (TPSA) is 24.8 Å². The van der Waals surface area contributed by atoms with Gasteiger partial charge in [0, 0.05) is 6.54 Å². The first-order valence-corrected chi connectivity index (χ1v) is 6.11. The summed E-state index contributed by atoms with van der Waals surface area (Å²) in [5.74, 6) is 0. The minimum atomic E-state index is 0.752. The average molecular weight is 212 g/mol. The molecule has 1 aliphatic carbocycles. The second-order valence-corrected chi connectivity index (χ2v) is 4.56. The van der Waals surface area contributed by atoms with Gasteiger partial charge in [0.1, 0.15) is 6.61 Å². The Morgan fingerprint density at radius 1 is 1.13 bits per heavy atom. The maximum Gasteiger partial charge on any atom is 0.118 e. The largest absolute Gasteiger partial charge is 0.396 e. The molecule has 0 amide bonds. The molecular formula is C12H24N2O. The highest BCUT2D eigenvalue weighted by molar-refractivity contribution is 5.84. The molecule has 0 spiro atoms. The molecule has 0 unspecified atom stereocenters. The maximum atomic E-state index is 5.34. The smallest absolute Gasteiger partial charge is 0.118 e. The van der Waals surface area contributed by atoms with Crippen molar-refractivity contribution in [3.05, 3.63) is 0 Å². The second-order valence-electron chi connectivity index (χ2n) is 4.56. The standard InChI is InChI=1S/C12H24N2O/c1-14(2)10-7-11-15-13-12-8-5-3-4-6-9-12/h3-11H2,1-2H3. The van der Waals surface area contributed by atoms with Crippen LogP contribution >= 0.6 is 0 Å². The number of nitrogens with zero attached hydrogens (tertiary/aromatic N) is 2. The predicted octanol–water partition coefficient (Wildman–Crippen LogP) is 2.66. The molecule has 0 radical (unpaired) electrons. The molecule has 1 rings (SSSR count). The molecule has 0 aromatic rings. The van der Waals surface area contributed by atoms with E-state index in [0.717, 1.165) is 32.4 Å². The molecule has 1 fully saturated rings. The lowest BCUT2D eigenvalue weighted by Crippen LogP contribution is -2.14. The summed E-state index contributed by atoms with van der Waals surface area (Å²) in [6, 6.07) is 0. The van der Waals surface area contributed by atoms with E-state index in [9.17, 15) is 0 Å². The summed E-state index contributed by atoms with van der Waals surface area (Å²) in [6.07, 6.45) is 8.66. The summed E-state index contributed by atoms with van der Waals surface area (Å²) < 4.78 is 0. The van der Waals surface area contributed by atoms with Crippen molar-refractivity contribution in [3.8, 4) is 0 Å². The van der Waals surface area contributed by atoms with Crippen LogP contribution in [0.15, 0.2) is 5.16 Å². The van der Waals surface area contributed by atoms with E-state index in [1.807, 2.05) is 0 Å². The van der Waals surface area contributed by atoms with Gasteiger partial charge in [-0.1, -0.05) is 18.0 Å². The second kappa shape index (κ2) is 7.69. The Morgan fingerprint density at radius 3 is 2.40 bits per heavy atom. The number of oxime groups is 1. The molecule has 1 aliphatic rings. The van der Waals surface area contributed by atoms with E-state index < -0.39 is 0 Å². The fourth-order valence-electron chi connectivity index (χ4n) is 1.81. The van der Waals surface area contributed by atoms with Gasteiger partial charge < -0.3 is 9.74 Å². The molecule has 0 saturated heterocycles. The van der Waals surface area contributed by atoms with Crippen LogP contribution in [-0.4, -0.2) is 37.9 Å². The average Bonchev–Trinajstić information content (AvgIpc) is 2.45. The van der Waals surface area contributed by atoms with Crippen LogP contribution in [-0.2, 0) is 4.84 Å². The van der Waals surface area contributed by atoms with E-state index in [4.69, 9.17) is 4.84 Å². The predicted molar refractivity (Wildman–Crippen MR) is 64.3 cm³/mol. The molecule has 88 valence electrons. The molecule has 1 saturated carbocycles. The lowest BCUT2D eigenvalue weighted by Gasteiger charge is -2.08. The van der Waals surface area contributed by atoms with Crippen molar-refractivity contribution in [1.29, 1.82) is 0 Å². The summed E-state index contributed by atoms with van der Waals surface area (Å²) in [7, 11) is 4.16. The van der Waals surface area contributed by atoms with Crippen LogP contribution in [0.5, 0.6) is 0 Å². The molecule has 15 heavy (non-hydrogen) atoms. The number of hydrogen-bond acceptors (Lipinski definition) is 3. The number of rotatable bonds is 5. The van der Waals surface area contributed by atoms with Gasteiger partial charge >= 0.3 is 0 Å². The number of hydrogen-bond donors (Lipinski definition) is 0. The molecule has 0 heterocycles. The molecule has 0 aliphatic heterocycles. The van der Waals surface area contributed by atoms with Gasteiger partial charge in [-0.3, -0.25) is 0 Å². The third-order valence-electron chi connectivity index (χ3n) is 2.72. The van der Waals surface area contributed by atoms with E-state index >= 15 is 0 Å². The molecular weight excluding hydrogens is 188 g/mol. The molecule has 0 aromatic heterocycles. The van der Waals surface area contributed by atoms with Crippen LogP contribution in [0.4, 0.5) is 0 Å². The Labute approximate surface area is 93.5 Å². The Hall–Kier alpha value is -0.570. The normalized spacial score (nSPS) is 17.7. The van der Waals surface area contributed by atoms with Crippen molar-refractivity contribution < 1.29 is 4.84 Å². The Morgan fingerprint density at radius 2 is 1.80 bits per heavy atom. The lowest BCUT2D eigenvalue weighted by molar-refractivity contribution is 0.134. The van der Waals surface area contributed by atoms with Gasteiger partial charge in [-0.15, -0.1) is 0 Å². The minimum Gasteiger partial charge on any atom is -0.396 e. The van der Waals surface area contributed by atoms with Gasteiger partial charge in [-0.2, -0.15) is 0 Å². The first-order valence-electron chi connectivity index (χ1n) is 6.11. The molecule has 0 N–H and O–H groups in total. The summed E-state index contributed by atoms with van der Waals surface area (Å²) in [6.45, 7) is 1.83. The summed E-state index contributed by atoms with van der Waals surface area (Å²) in [5.41, 5.74) is 1.28. The van der Waals surface area contributed by atoms with Crippen LogP contribution in [0.3, 0.4) is 0 Å². The van der Waals surface area contributed by atoms with Crippen molar-refractivity contribution in [1.82, 2.24) is 4.90 Å². The Bertz CT molecular complexity index is 180. The van der Waals surface area contributed by atoms with Gasteiger partial charge in [-0.25, -0.2) is 0 Å². The summed E-state index contributed by atoms with van der Waals surface area (Å²) in [5, 5.41) is 4.24. The van der Waals surface area contributed by atoms with Crippen LogP contribution < -0.4 is 0 Å². The maximum absolute atomic E-state index is 5.34. The van der Waals surface area contributed by atoms with Crippen LogP contribution in [0.1, 0.15) is 44.9 Å². The summed E-state index contributed by atoms with van der Waals surface area (Å²) in [4.78, 5) is 7.51. The molecule has 0 aromatic carbocycles. The SMILES string of the molecule is CN(C)CCCON=C1CCCCCC1. The van der Waals surface area contributed by atoms with Gasteiger partial charge in [0.25, 0.3) is 0 Å². The van der Waals surface area contributed by atoms with Gasteiger partial charge in [0.2, 0.25) is 0 Å². The van der Waals surface area contributed by atoms with Crippen molar-refractivity contribution in [2.45, 2.75) is 44.9 Å². The summed E-state index contributed by atoms with van der Waals surface area (Å²) >= 11 is 0. The highest BCUT2D eigenvalue weighted by Gasteiger charge is 2.05. The van der Waals surface area contributed by atoms with Gasteiger partial charge in [0.05, 0.1) is 5.71 Å². The Balaban J connectivity index is 2.07. The van der Waals surface area contributed by atoms with E-state index in [1.165, 1.54) is 31.4 Å². The monoisotopic (exact) mass is 212 g/mol. The van der Waals surface area contributed by atoms with E-state index in [0.29, 0.717) is 0 Å². The van der Waals surface area contributed by atoms with Crippen molar-refractivity contribution in [2.24, 2.45) is 5.16 Å². The lowest BCUT2D eigenvalue weighted by atomic mass is 10.2. The molecule has 0 atom stereocenters. The van der Waals surface area contributed by atoms with E-state index in [-0.39, 0.29) is 0 Å². The van der Waals surface area contributed by atoms with Gasteiger partial charge in [0.15, 0.2) is 0 Å². The first kappa shape index (κ1) is 12.5. The zero-order chi connectivity index (χ0) is 10.9. The van der Waals surface area contributed by atoms with E-state index in [2.05, 4.69) is 24.2 Å². The fraction of sp³-hybridized carbons (Fsp3) is 0.917. The molecule has 3 nitrogen and oxygen atoms in total. The van der Waals surface area contributed by atoms with Gasteiger partial charge in [-0.05, 0) is 46.2 Å². The zero-order valence-electron chi connectivity index (χ0n) is 10.2. The van der Waals surface area contributed by atoms with Crippen molar-refractivity contribution in [3.63, 3.8) is 0 Å². The van der Waals surface area contributed by atoms with Crippen LogP contribution in [0.2, 0.25) is 0 Å². The zero-order valence-corrected chi connectivity index (χ0v) is 10.2. The molecule has 0 bridgehead atoms. The third kappa shape index (κ3) is 6.50.